The number of H-pyrrole nitrogens is 1. The quantitative estimate of drug-likeness (QED) is 0.306. The Morgan fingerprint density at radius 1 is 1.06 bits per heavy atom. The summed E-state index contributed by atoms with van der Waals surface area (Å²) in [5.74, 6) is -0.380. The van der Waals surface area contributed by atoms with E-state index in [1.165, 1.54) is 16.5 Å². The van der Waals surface area contributed by atoms with Crippen LogP contribution in [0.25, 0.3) is 22.0 Å². The summed E-state index contributed by atoms with van der Waals surface area (Å²) in [6, 6.07) is 17.5. The molecule has 5 nitrogen and oxygen atoms in total. The number of rotatable bonds is 4. The van der Waals surface area contributed by atoms with Gasteiger partial charge in [-0.1, -0.05) is 59.6 Å². The van der Waals surface area contributed by atoms with E-state index in [4.69, 9.17) is 23.2 Å². The van der Waals surface area contributed by atoms with Crippen LogP contribution in [0.15, 0.2) is 59.7 Å². The third-order valence-electron chi connectivity index (χ3n) is 5.62. The largest absolute Gasteiger partial charge is 0.289 e. The van der Waals surface area contributed by atoms with Gasteiger partial charge in [0.05, 0.1) is 16.4 Å². The number of hydrogen-bond donors (Lipinski definition) is 2. The maximum absolute atomic E-state index is 12.6. The van der Waals surface area contributed by atoms with Crippen LogP contribution in [0.4, 0.5) is 0 Å². The lowest BCUT2D eigenvalue weighted by atomic mass is 9.98. The highest BCUT2D eigenvalue weighted by Crippen LogP contribution is 2.36. The molecule has 0 fully saturated rings. The van der Waals surface area contributed by atoms with E-state index in [2.05, 4.69) is 51.1 Å². The molecule has 0 saturated carbocycles. The van der Waals surface area contributed by atoms with Crippen molar-refractivity contribution in [1.29, 1.82) is 0 Å². The van der Waals surface area contributed by atoms with Gasteiger partial charge in [-0.15, -0.1) is 0 Å². The van der Waals surface area contributed by atoms with Gasteiger partial charge >= 0.3 is 0 Å². The van der Waals surface area contributed by atoms with Crippen molar-refractivity contribution in [2.75, 3.05) is 0 Å². The summed E-state index contributed by atoms with van der Waals surface area (Å²) in [4.78, 5) is 12.6. The molecule has 1 aromatic heterocycles. The molecule has 1 aliphatic rings. The van der Waals surface area contributed by atoms with Crippen molar-refractivity contribution in [3.8, 4) is 11.3 Å². The van der Waals surface area contributed by atoms with Crippen molar-refractivity contribution in [3.05, 3.63) is 87.0 Å². The molecule has 1 amide bonds. The molecular formula is C24H18Cl2N4O. The molecule has 4 aromatic rings. The highest BCUT2D eigenvalue weighted by molar-refractivity contribution is 6.37. The smallest absolute Gasteiger partial charge is 0.272 e. The number of nitrogens with zero attached hydrogens (tertiary/aromatic N) is 2. The summed E-state index contributed by atoms with van der Waals surface area (Å²) in [6.07, 6.45) is 2.14. The molecule has 7 heteroatoms. The third-order valence-corrected chi connectivity index (χ3v) is 6.17. The number of carbonyl (C=O) groups excluding carboxylic acids is 1. The zero-order valence-electron chi connectivity index (χ0n) is 16.7. The number of aromatic amines is 1. The maximum Gasteiger partial charge on any atom is 0.289 e. The van der Waals surface area contributed by atoms with Gasteiger partial charge < -0.3 is 0 Å². The maximum atomic E-state index is 12.6. The van der Waals surface area contributed by atoms with E-state index in [0.29, 0.717) is 27.0 Å². The van der Waals surface area contributed by atoms with Crippen LogP contribution < -0.4 is 5.43 Å². The fourth-order valence-corrected chi connectivity index (χ4v) is 4.63. The van der Waals surface area contributed by atoms with Gasteiger partial charge in [0.1, 0.15) is 5.69 Å². The Bertz CT molecular complexity index is 1360. The summed E-state index contributed by atoms with van der Waals surface area (Å²) < 4.78 is 0. The van der Waals surface area contributed by atoms with Gasteiger partial charge in [-0.2, -0.15) is 10.2 Å². The molecule has 3 aromatic carbocycles. The monoisotopic (exact) mass is 448 g/mol. The highest BCUT2D eigenvalue weighted by atomic mass is 35.5. The van der Waals surface area contributed by atoms with Gasteiger partial charge in [0.2, 0.25) is 0 Å². The minimum absolute atomic E-state index is 0.331. The van der Waals surface area contributed by atoms with E-state index < -0.39 is 0 Å². The molecular weight excluding hydrogens is 431 g/mol. The van der Waals surface area contributed by atoms with E-state index in [1.807, 2.05) is 0 Å². The highest BCUT2D eigenvalue weighted by Gasteiger charge is 2.18. The first-order chi connectivity index (χ1) is 15.0. The normalized spacial score (nSPS) is 13.1. The van der Waals surface area contributed by atoms with Crippen molar-refractivity contribution in [3.63, 3.8) is 0 Å². The molecule has 0 unspecified atom stereocenters. The number of halogens is 2. The second-order valence-corrected chi connectivity index (χ2v) is 8.38. The minimum atomic E-state index is -0.380. The number of nitrogens with one attached hydrogen (secondary N) is 2. The Morgan fingerprint density at radius 2 is 1.87 bits per heavy atom. The standard InChI is InChI=1S/C24H18Cl2N4O/c1-13(17-10-8-16(25)11-20(17)26)27-30-24(31)22-12-21(28-29-22)18-9-7-15-6-5-14-3-2-4-19(18)23(14)15/h2-4,7-12H,5-6H2,1H3,(H,28,29)(H,30,31)/b27-13+. The molecule has 0 spiro atoms. The second-order valence-electron chi connectivity index (χ2n) is 7.54. The van der Waals surface area contributed by atoms with Crippen molar-refractivity contribution < 1.29 is 4.79 Å². The average molecular weight is 449 g/mol. The van der Waals surface area contributed by atoms with E-state index >= 15 is 0 Å². The lowest BCUT2D eigenvalue weighted by Crippen LogP contribution is -2.19. The summed E-state index contributed by atoms with van der Waals surface area (Å²) in [5.41, 5.74) is 8.62. The summed E-state index contributed by atoms with van der Waals surface area (Å²) in [5, 5.41) is 14.9. The molecule has 0 bridgehead atoms. The second kappa shape index (κ2) is 7.84. The van der Waals surface area contributed by atoms with E-state index in [-0.39, 0.29) is 5.91 Å². The van der Waals surface area contributed by atoms with Gasteiger partial charge in [-0.25, -0.2) is 5.43 Å². The van der Waals surface area contributed by atoms with Crippen molar-refractivity contribution >= 4 is 45.6 Å². The molecule has 2 N–H and O–H groups in total. The number of aromatic nitrogens is 2. The van der Waals surface area contributed by atoms with Gasteiger partial charge in [0, 0.05) is 16.1 Å². The van der Waals surface area contributed by atoms with Gasteiger partial charge in [0.15, 0.2) is 0 Å². The number of amides is 1. The first kappa shape index (κ1) is 19.8. The molecule has 5 rings (SSSR count). The SMILES string of the molecule is C/C(=N\NC(=O)c1cc(-c2ccc3c4c(cccc24)CC3)n[nH]1)c1ccc(Cl)cc1Cl. The molecule has 0 aliphatic heterocycles. The van der Waals surface area contributed by atoms with Crippen LogP contribution in [0.3, 0.4) is 0 Å². The third kappa shape index (κ3) is 3.60. The molecule has 154 valence electrons. The molecule has 1 aliphatic carbocycles. The minimum Gasteiger partial charge on any atom is -0.272 e. The zero-order chi connectivity index (χ0) is 21.5. The predicted octanol–water partition coefficient (Wildman–Crippen LogP) is 5.79. The van der Waals surface area contributed by atoms with Crippen molar-refractivity contribution in [2.24, 2.45) is 5.10 Å². The average Bonchev–Trinajstić information content (AvgIpc) is 3.41. The van der Waals surface area contributed by atoms with Crippen molar-refractivity contribution in [2.45, 2.75) is 19.8 Å². The first-order valence-electron chi connectivity index (χ1n) is 9.90. The van der Waals surface area contributed by atoms with Crippen LogP contribution >= 0.6 is 23.2 Å². The molecule has 0 atom stereocenters. The summed E-state index contributed by atoms with van der Waals surface area (Å²) in [7, 11) is 0. The Kier molecular flexibility index (Phi) is 5.00. The number of hydrazone groups is 1. The Hall–Kier alpha value is -3.15. The van der Waals surface area contributed by atoms with Gasteiger partial charge in [0.25, 0.3) is 5.91 Å². The molecule has 0 radical (unpaired) electrons. The number of hydrogen-bond acceptors (Lipinski definition) is 3. The van der Waals surface area contributed by atoms with Crippen LogP contribution in [0.1, 0.15) is 34.1 Å². The Labute approximate surface area is 189 Å². The van der Waals surface area contributed by atoms with E-state index in [9.17, 15) is 4.79 Å². The lowest BCUT2D eigenvalue weighted by molar-refractivity contribution is 0.0950. The van der Waals surface area contributed by atoms with Crippen LogP contribution in [0.5, 0.6) is 0 Å². The number of aryl methyl sites for hydroxylation is 2. The molecule has 1 heterocycles. The number of carbonyl (C=O) groups is 1. The van der Waals surface area contributed by atoms with E-state index in [1.54, 1.807) is 31.2 Å². The topological polar surface area (TPSA) is 70.1 Å². The molecule has 31 heavy (non-hydrogen) atoms. The fourth-order valence-electron chi connectivity index (χ4n) is 4.08. The lowest BCUT2D eigenvalue weighted by Gasteiger charge is -2.06. The van der Waals surface area contributed by atoms with E-state index in [0.717, 1.165) is 29.5 Å². The summed E-state index contributed by atoms with van der Waals surface area (Å²) >= 11 is 12.1. The fraction of sp³-hybridized carbons (Fsp3) is 0.125. The Balaban J connectivity index is 1.40. The predicted molar refractivity (Wildman–Crippen MR) is 125 cm³/mol. The van der Waals surface area contributed by atoms with Crippen LogP contribution in [-0.2, 0) is 12.8 Å². The summed E-state index contributed by atoms with van der Waals surface area (Å²) in [6.45, 7) is 1.76. The zero-order valence-corrected chi connectivity index (χ0v) is 18.2. The first-order valence-corrected chi connectivity index (χ1v) is 10.7. The Morgan fingerprint density at radius 3 is 2.68 bits per heavy atom. The van der Waals surface area contributed by atoms with Crippen molar-refractivity contribution in [1.82, 2.24) is 15.6 Å². The van der Waals surface area contributed by atoms with Gasteiger partial charge in [-0.05, 0) is 59.9 Å². The van der Waals surface area contributed by atoms with Crippen LogP contribution in [0, 0.1) is 0 Å². The van der Waals surface area contributed by atoms with Crippen LogP contribution in [0.2, 0.25) is 10.0 Å². The van der Waals surface area contributed by atoms with Crippen LogP contribution in [-0.4, -0.2) is 21.8 Å². The number of benzene rings is 3. The molecule has 0 saturated heterocycles. The van der Waals surface area contributed by atoms with Gasteiger partial charge in [-0.3, -0.25) is 9.89 Å².